The van der Waals surface area contributed by atoms with Gasteiger partial charge in [0, 0.05) is 18.7 Å². The quantitative estimate of drug-likeness (QED) is 0.512. The molecule has 1 heterocycles. The van der Waals surface area contributed by atoms with Crippen molar-refractivity contribution in [3.63, 3.8) is 0 Å². The lowest BCUT2D eigenvalue weighted by Crippen LogP contribution is -2.40. The third-order valence-electron chi connectivity index (χ3n) is 4.79. The molecule has 0 aliphatic carbocycles. The Morgan fingerprint density at radius 2 is 1.77 bits per heavy atom. The molecule has 1 fully saturated rings. The van der Waals surface area contributed by atoms with E-state index in [9.17, 15) is 22.4 Å². The van der Waals surface area contributed by atoms with Crippen LogP contribution in [-0.4, -0.2) is 57.4 Å². The number of hydrogen-bond acceptors (Lipinski definition) is 6. The molecular formula is C21H22FNO6S. The molecule has 0 unspecified atom stereocenters. The third-order valence-corrected chi connectivity index (χ3v) is 6.69. The Hall–Kier alpha value is -2.62. The second-order valence-electron chi connectivity index (χ2n) is 6.98. The Balaban J connectivity index is 1.77. The van der Waals surface area contributed by atoms with E-state index in [0.29, 0.717) is 5.56 Å². The van der Waals surface area contributed by atoms with E-state index in [0.717, 1.165) is 29.3 Å². The molecule has 1 aliphatic rings. The van der Waals surface area contributed by atoms with E-state index in [-0.39, 0.29) is 31.2 Å². The summed E-state index contributed by atoms with van der Waals surface area (Å²) >= 11 is 0. The number of hydrogen-bond donors (Lipinski definition) is 0. The van der Waals surface area contributed by atoms with Crippen molar-refractivity contribution in [1.82, 2.24) is 4.31 Å². The molecule has 3 rings (SSSR count). The minimum absolute atomic E-state index is 0.170. The summed E-state index contributed by atoms with van der Waals surface area (Å²) in [4.78, 5) is 24.5. The zero-order chi connectivity index (χ0) is 21.9. The highest BCUT2D eigenvalue weighted by Crippen LogP contribution is 2.21. The van der Waals surface area contributed by atoms with Crippen LogP contribution in [0.5, 0.6) is 0 Å². The monoisotopic (exact) mass is 435 g/mol. The molecule has 1 aliphatic heterocycles. The summed E-state index contributed by atoms with van der Waals surface area (Å²) in [7, 11) is -3.91. The third kappa shape index (κ3) is 4.75. The lowest BCUT2D eigenvalue weighted by atomic mass is 10.0. The van der Waals surface area contributed by atoms with Gasteiger partial charge in [0.25, 0.3) is 0 Å². The van der Waals surface area contributed by atoms with Gasteiger partial charge >= 0.3 is 5.97 Å². The van der Waals surface area contributed by atoms with Gasteiger partial charge in [0.2, 0.25) is 15.8 Å². The predicted molar refractivity (Wildman–Crippen MR) is 107 cm³/mol. The zero-order valence-electron chi connectivity index (χ0n) is 16.7. The molecular weight excluding hydrogens is 413 g/mol. The van der Waals surface area contributed by atoms with Gasteiger partial charge in [-0.2, -0.15) is 4.31 Å². The van der Waals surface area contributed by atoms with E-state index >= 15 is 0 Å². The average molecular weight is 435 g/mol. The first-order valence-electron chi connectivity index (χ1n) is 9.35. The largest absolute Gasteiger partial charge is 0.454 e. The lowest BCUT2D eigenvalue weighted by Gasteiger charge is -2.26. The van der Waals surface area contributed by atoms with Crippen LogP contribution >= 0.6 is 0 Å². The first-order chi connectivity index (χ1) is 14.2. The Kier molecular flexibility index (Phi) is 6.64. The molecule has 0 N–H and O–H groups in total. The number of ketones is 1. The van der Waals surface area contributed by atoms with Crippen molar-refractivity contribution in [2.75, 3.05) is 32.9 Å². The lowest BCUT2D eigenvalue weighted by molar-refractivity contribution is 0.0469. The van der Waals surface area contributed by atoms with E-state index in [1.807, 2.05) is 13.0 Å². The maximum absolute atomic E-state index is 14.2. The summed E-state index contributed by atoms with van der Waals surface area (Å²) in [6.07, 6.45) is 0. The van der Waals surface area contributed by atoms with Gasteiger partial charge < -0.3 is 9.47 Å². The van der Waals surface area contributed by atoms with Crippen molar-refractivity contribution in [2.45, 2.75) is 18.7 Å². The van der Waals surface area contributed by atoms with Crippen LogP contribution < -0.4 is 0 Å². The smallest absolute Gasteiger partial charge is 0.341 e. The van der Waals surface area contributed by atoms with Gasteiger partial charge in [-0.25, -0.2) is 17.6 Å². The van der Waals surface area contributed by atoms with Gasteiger partial charge in [-0.3, -0.25) is 4.79 Å². The normalized spacial score (nSPS) is 15.0. The minimum Gasteiger partial charge on any atom is -0.454 e. The number of esters is 1. The highest BCUT2D eigenvalue weighted by Gasteiger charge is 2.28. The Bertz CT molecular complexity index is 1080. The molecule has 1 saturated heterocycles. The van der Waals surface area contributed by atoms with Gasteiger partial charge in [-0.15, -0.1) is 0 Å². The fraction of sp³-hybridized carbons (Fsp3) is 0.333. The van der Waals surface area contributed by atoms with Gasteiger partial charge in [0.1, 0.15) is 5.82 Å². The number of aryl methyl sites for hydroxylation is 2. The van der Waals surface area contributed by atoms with Crippen molar-refractivity contribution in [3.8, 4) is 0 Å². The number of carbonyl (C=O) groups excluding carboxylic acids is 2. The predicted octanol–water partition coefficient (Wildman–Crippen LogP) is 2.50. The number of carbonyl (C=O) groups is 2. The number of halogens is 1. The van der Waals surface area contributed by atoms with Crippen LogP contribution in [0.3, 0.4) is 0 Å². The molecule has 0 aromatic heterocycles. The topological polar surface area (TPSA) is 90.0 Å². The van der Waals surface area contributed by atoms with Crippen molar-refractivity contribution >= 4 is 21.8 Å². The van der Waals surface area contributed by atoms with Gasteiger partial charge in [0.15, 0.2) is 6.61 Å². The second kappa shape index (κ2) is 9.03. The molecule has 0 radical (unpaired) electrons. The summed E-state index contributed by atoms with van der Waals surface area (Å²) in [5, 5.41) is 0. The number of sulfonamides is 1. The van der Waals surface area contributed by atoms with Crippen LogP contribution in [0.2, 0.25) is 0 Å². The fourth-order valence-electron chi connectivity index (χ4n) is 3.08. The summed E-state index contributed by atoms with van der Waals surface area (Å²) in [5.74, 6) is -2.47. The SMILES string of the molecule is Cc1ccc(C)c(C(=O)COC(=O)c2cc(S(=O)(=O)N3CCOCC3)ccc2F)c1. The maximum atomic E-state index is 14.2. The van der Waals surface area contributed by atoms with Gasteiger partial charge in [-0.05, 0) is 43.7 Å². The summed E-state index contributed by atoms with van der Waals surface area (Å²) in [6, 6.07) is 8.25. The first kappa shape index (κ1) is 22.1. The molecule has 2 aromatic carbocycles. The standard InChI is InChI=1S/C21H22FNO6S/c1-14-3-4-15(2)17(11-14)20(24)13-29-21(25)18-12-16(5-6-19(18)22)30(26,27)23-7-9-28-10-8-23/h3-6,11-12H,7-10,13H2,1-2H3. The Labute approximate surface area is 174 Å². The number of Topliss-reactive ketones (excluding diaryl/α,β-unsaturated/α-hetero) is 1. The zero-order valence-corrected chi connectivity index (χ0v) is 17.5. The molecule has 0 saturated carbocycles. The van der Waals surface area contributed by atoms with Crippen LogP contribution in [-0.2, 0) is 19.5 Å². The van der Waals surface area contributed by atoms with Crippen LogP contribution in [0.1, 0.15) is 31.8 Å². The summed E-state index contributed by atoms with van der Waals surface area (Å²) in [6.45, 7) is 3.87. The number of benzene rings is 2. The summed E-state index contributed by atoms with van der Waals surface area (Å²) < 4.78 is 51.0. The van der Waals surface area contributed by atoms with Crippen LogP contribution in [0, 0.1) is 19.7 Å². The molecule has 9 heteroatoms. The van der Waals surface area contributed by atoms with E-state index in [2.05, 4.69) is 0 Å². The number of rotatable bonds is 6. The minimum atomic E-state index is -3.91. The molecule has 0 amide bonds. The van der Waals surface area contributed by atoms with Crippen LogP contribution in [0.25, 0.3) is 0 Å². The number of nitrogens with zero attached hydrogens (tertiary/aromatic N) is 1. The molecule has 30 heavy (non-hydrogen) atoms. The van der Waals surface area contributed by atoms with Crippen molar-refractivity contribution < 1.29 is 31.9 Å². The number of morpholine rings is 1. The van der Waals surface area contributed by atoms with E-state index in [1.165, 1.54) is 4.31 Å². The number of ether oxygens (including phenoxy) is 2. The molecule has 0 spiro atoms. The van der Waals surface area contributed by atoms with Crippen molar-refractivity contribution in [3.05, 3.63) is 64.5 Å². The second-order valence-corrected chi connectivity index (χ2v) is 8.91. The molecule has 7 nitrogen and oxygen atoms in total. The molecule has 0 bridgehead atoms. The molecule has 160 valence electrons. The summed E-state index contributed by atoms with van der Waals surface area (Å²) in [5.41, 5.74) is 1.47. The molecule has 0 atom stereocenters. The highest BCUT2D eigenvalue weighted by atomic mass is 32.2. The molecule has 2 aromatic rings. The fourth-order valence-corrected chi connectivity index (χ4v) is 4.51. The van der Waals surface area contributed by atoms with E-state index < -0.39 is 39.8 Å². The first-order valence-corrected chi connectivity index (χ1v) is 10.8. The van der Waals surface area contributed by atoms with Gasteiger partial charge in [-0.1, -0.05) is 17.7 Å². The van der Waals surface area contributed by atoms with Crippen molar-refractivity contribution in [2.24, 2.45) is 0 Å². The van der Waals surface area contributed by atoms with Crippen LogP contribution in [0.15, 0.2) is 41.3 Å². The maximum Gasteiger partial charge on any atom is 0.341 e. The van der Waals surface area contributed by atoms with Gasteiger partial charge in [0.05, 0.1) is 23.7 Å². The highest BCUT2D eigenvalue weighted by molar-refractivity contribution is 7.89. The van der Waals surface area contributed by atoms with E-state index in [1.54, 1.807) is 19.1 Å². The average Bonchev–Trinajstić information content (AvgIpc) is 2.74. The van der Waals surface area contributed by atoms with Crippen LogP contribution in [0.4, 0.5) is 4.39 Å². The Morgan fingerprint density at radius 1 is 1.07 bits per heavy atom. The van der Waals surface area contributed by atoms with E-state index in [4.69, 9.17) is 9.47 Å². The van der Waals surface area contributed by atoms with Crippen molar-refractivity contribution in [1.29, 1.82) is 0 Å². The Morgan fingerprint density at radius 3 is 2.47 bits per heavy atom.